The summed E-state index contributed by atoms with van der Waals surface area (Å²) in [7, 11) is 0. The molecule has 0 fully saturated rings. The highest BCUT2D eigenvalue weighted by Crippen LogP contribution is 2.60. The largest absolute Gasteiger partial charge is 0.0657 e. The summed E-state index contributed by atoms with van der Waals surface area (Å²) in [5, 5.41) is 0. The van der Waals surface area contributed by atoms with Crippen LogP contribution in [0.4, 0.5) is 0 Å². The van der Waals surface area contributed by atoms with Gasteiger partial charge in [-0.2, -0.15) is 0 Å². The van der Waals surface area contributed by atoms with Gasteiger partial charge < -0.3 is 0 Å². The van der Waals surface area contributed by atoms with Crippen LogP contribution in [0.1, 0.15) is 22.3 Å². The normalized spacial score (nSPS) is 23.6. The Balaban J connectivity index is 1.61. The van der Waals surface area contributed by atoms with E-state index in [2.05, 4.69) is 117 Å². The van der Waals surface area contributed by atoms with Crippen LogP contribution in [0.3, 0.4) is 0 Å². The van der Waals surface area contributed by atoms with Crippen LogP contribution in [0.15, 0.2) is 92.9 Å². The van der Waals surface area contributed by atoms with Gasteiger partial charge in [-0.1, -0.05) is 86.5 Å². The maximum atomic E-state index is 3.80. The van der Waals surface area contributed by atoms with Gasteiger partial charge in [0.25, 0.3) is 0 Å². The minimum absolute atomic E-state index is 0.239. The van der Waals surface area contributed by atoms with Gasteiger partial charge in [0, 0.05) is 8.96 Å². The fourth-order valence-corrected chi connectivity index (χ4v) is 5.70. The molecule has 0 radical (unpaired) electrons. The van der Waals surface area contributed by atoms with Crippen molar-refractivity contribution in [2.45, 2.75) is 0 Å². The van der Waals surface area contributed by atoms with E-state index < -0.39 is 0 Å². The average molecular weight is 474 g/mol. The fourth-order valence-electron chi connectivity index (χ4n) is 4.75. The molecule has 2 aromatic rings. The van der Waals surface area contributed by atoms with Gasteiger partial charge in [0.15, 0.2) is 0 Å². The Morgan fingerprint density at radius 1 is 0.741 bits per heavy atom. The van der Waals surface area contributed by atoms with Crippen molar-refractivity contribution in [3.05, 3.63) is 115 Å². The van der Waals surface area contributed by atoms with Crippen molar-refractivity contribution in [2.24, 2.45) is 5.41 Å². The molecule has 2 aromatic carbocycles. The molecule has 2 heteroatoms. The average Bonchev–Trinajstić information content (AvgIpc) is 3.22. The standard InChI is InChI=1S/C25H14Br2/c26-17-8-7-16-11-24-22(21(16)12-17)13-18(27)14-25(24)9-3-6-20-19-5-2-1-4-15(19)10-23(20)25/h1-14H. The van der Waals surface area contributed by atoms with Crippen molar-refractivity contribution in [1.82, 2.24) is 0 Å². The zero-order chi connectivity index (χ0) is 18.2. The van der Waals surface area contributed by atoms with E-state index in [0.717, 1.165) is 8.96 Å². The summed E-state index contributed by atoms with van der Waals surface area (Å²) >= 11 is 7.44. The van der Waals surface area contributed by atoms with Crippen molar-refractivity contribution >= 4 is 55.2 Å². The Kier molecular flexibility index (Phi) is 3.19. The predicted octanol–water partition coefficient (Wildman–Crippen LogP) is 7.56. The van der Waals surface area contributed by atoms with Crippen LogP contribution in [0, 0.1) is 5.41 Å². The number of benzene rings is 2. The summed E-state index contributed by atoms with van der Waals surface area (Å²) in [6.45, 7) is 0. The smallest absolute Gasteiger partial charge is 0.0592 e. The SMILES string of the molecule is BrC1=CC2(C=CC=C3C2=Cc2ccccc23)C2=Cc3ccc(Br)cc3C2=C1. The lowest BCUT2D eigenvalue weighted by Crippen LogP contribution is -2.24. The number of rotatable bonds is 0. The first-order chi connectivity index (χ1) is 13.2. The molecule has 1 unspecified atom stereocenters. The molecule has 1 atom stereocenters. The Labute approximate surface area is 175 Å². The Morgan fingerprint density at radius 3 is 2.41 bits per heavy atom. The molecule has 0 aromatic heterocycles. The van der Waals surface area contributed by atoms with Crippen LogP contribution >= 0.6 is 31.9 Å². The van der Waals surface area contributed by atoms with E-state index >= 15 is 0 Å². The van der Waals surface area contributed by atoms with E-state index in [1.165, 1.54) is 44.5 Å². The van der Waals surface area contributed by atoms with E-state index in [4.69, 9.17) is 0 Å². The quantitative estimate of drug-likeness (QED) is 0.370. The molecule has 27 heavy (non-hydrogen) atoms. The van der Waals surface area contributed by atoms with Gasteiger partial charge in [-0.25, -0.2) is 0 Å². The Hall–Kier alpha value is -2.16. The van der Waals surface area contributed by atoms with Gasteiger partial charge in [-0.3, -0.25) is 0 Å². The molecular formula is C25H14Br2. The number of halogens is 2. The molecule has 0 amide bonds. The highest BCUT2D eigenvalue weighted by atomic mass is 79.9. The van der Waals surface area contributed by atoms with Gasteiger partial charge in [0.2, 0.25) is 0 Å². The van der Waals surface area contributed by atoms with Gasteiger partial charge in [0.05, 0.1) is 5.41 Å². The molecule has 4 aliphatic carbocycles. The molecule has 0 N–H and O–H groups in total. The van der Waals surface area contributed by atoms with E-state index in [-0.39, 0.29) is 5.41 Å². The molecular weight excluding hydrogens is 460 g/mol. The van der Waals surface area contributed by atoms with E-state index in [1.54, 1.807) is 0 Å². The van der Waals surface area contributed by atoms with Crippen LogP contribution in [-0.4, -0.2) is 0 Å². The number of allylic oxidation sites excluding steroid dienone is 10. The lowest BCUT2D eigenvalue weighted by atomic mass is 9.65. The molecule has 0 aliphatic heterocycles. The van der Waals surface area contributed by atoms with Gasteiger partial charge in [0.1, 0.15) is 0 Å². The van der Waals surface area contributed by atoms with Gasteiger partial charge in [-0.15, -0.1) is 0 Å². The summed E-state index contributed by atoms with van der Waals surface area (Å²) in [5.74, 6) is 0. The second-order valence-electron chi connectivity index (χ2n) is 7.33. The zero-order valence-corrected chi connectivity index (χ0v) is 17.5. The van der Waals surface area contributed by atoms with Crippen LogP contribution in [0.5, 0.6) is 0 Å². The van der Waals surface area contributed by atoms with E-state index in [1.807, 2.05) is 0 Å². The third kappa shape index (κ3) is 2.09. The maximum absolute atomic E-state index is 3.80. The molecule has 0 saturated heterocycles. The third-order valence-corrected chi connectivity index (χ3v) is 6.85. The van der Waals surface area contributed by atoms with Crippen LogP contribution in [0.25, 0.3) is 23.3 Å². The molecule has 128 valence electrons. The number of fused-ring (bicyclic) bond motifs is 8. The first-order valence-electron chi connectivity index (χ1n) is 9.00. The summed E-state index contributed by atoms with van der Waals surface area (Å²) in [5.41, 5.74) is 10.4. The summed E-state index contributed by atoms with van der Waals surface area (Å²) in [6.07, 6.45) is 16.1. The predicted molar refractivity (Wildman–Crippen MR) is 121 cm³/mol. The third-order valence-electron chi connectivity index (χ3n) is 5.90. The van der Waals surface area contributed by atoms with Crippen molar-refractivity contribution in [3.63, 3.8) is 0 Å². The monoisotopic (exact) mass is 472 g/mol. The second kappa shape index (κ2) is 5.43. The minimum atomic E-state index is -0.239. The first kappa shape index (κ1) is 15.9. The second-order valence-corrected chi connectivity index (χ2v) is 9.16. The lowest BCUT2D eigenvalue weighted by Gasteiger charge is -2.37. The summed E-state index contributed by atoms with van der Waals surface area (Å²) in [4.78, 5) is 0. The molecule has 1 spiro atoms. The van der Waals surface area contributed by atoms with Gasteiger partial charge in [-0.05, 0) is 74.9 Å². The van der Waals surface area contributed by atoms with Crippen LogP contribution in [0.2, 0.25) is 0 Å². The lowest BCUT2D eigenvalue weighted by molar-refractivity contribution is 0.752. The fraction of sp³-hybridized carbons (Fsp3) is 0.0400. The van der Waals surface area contributed by atoms with Crippen molar-refractivity contribution in [1.29, 1.82) is 0 Å². The maximum Gasteiger partial charge on any atom is 0.0592 e. The van der Waals surface area contributed by atoms with Gasteiger partial charge >= 0.3 is 0 Å². The summed E-state index contributed by atoms with van der Waals surface area (Å²) in [6, 6.07) is 15.2. The Bertz CT molecular complexity index is 1230. The van der Waals surface area contributed by atoms with Crippen LogP contribution in [-0.2, 0) is 0 Å². The first-order valence-corrected chi connectivity index (χ1v) is 10.6. The molecule has 0 heterocycles. The zero-order valence-electron chi connectivity index (χ0n) is 14.3. The molecule has 4 aliphatic rings. The minimum Gasteiger partial charge on any atom is -0.0657 e. The van der Waals surface area contributed by atoms with Crippen molar-refractivity contribution in [2.75, 3.05) is 0 Å². The topological polar surface area (TPSA) is 0 Å². The molecule has 0 nitrogen and oxygen atoms in total. The highest BCUT2D eigenvalue weighted by molar-refractivity contribution is 9.12. The summed E-state index contributed by atoms with van der Waals surface area (Å²) < 4.78 is 2.24. The molecule has 0 saturated carbocycles. The van der Waals surface area contributed by atoms with Crippen LogP contribution < -0.4 is 0 Å². The number of hydrogen-bond donors (Lipinski definition) is 0. The number of hydrogen-bond acceptors (Lipinski definition) is 0. The molecule has 6 rings (SSSR count). The molecule has 0 bridgehead atoms. The van der Waals surface area contributed by atoms with E-state index in [9.17, 15) is 0 Å². The highest BCUT2D eigenvalue weighted by Gasteiger charge is 2.44. The van der Waals surface area contributed by atoms with Crippen molar-refractivity contribution < 1.29 is 0 Å². The Morgan fingerprint density at radius 2 is 1.52 bits per heavy atom. The van der Waals surface area contributed by atoms with Crippen molar-refractivity contribution in [3.8, 4) is 0 Å². The van der Waals surface area contributed by atoms with E-state index in [0.29, 0.717) is 0 Å².